The first-order valence-corrected chi connectivity index (χ1v) is 20.8. The summed E-state index contributed by atoms with van der Waals surface area (Å²) in [6.45, 7) is 0. The summed E-state index contributed by atoms with van der Waals surface area (Å²) < 4.78 is 8.71. The zero-order valence-corrected chi connectivity index (χ0v) is 33.5. The second-order valence-electron chi connectivity index (χ2n) is 15.6. The van der Waals surface area contributed by atoms with E-state index in [1.807, 2.05) is 42.5 Å². The Labute approximate surface area is 357 Å². The van der Waals surface area contributed by atoms with Crippen molar-refractivity contribution in [3.8, 4) is 73.2 Å². The van der Waals surface area contributed by atoms with Gasteiger partial charge in [0, 0.05) is 43.9 Å². The van der Waals surface area contributed by atoms with Gasteiger partial charge in [-0.1, -0.05) is 164 Å². The summed E-state index contributed by atoms with van der Waals surface area (Å²) in [6, 6.07) is 76.2. The number of hydrogen-bond donors (Lipinski definition) is 0. The third kappa shape index (κ3) is 6.06. The number of fused-ring (bicyclic) bond motifs is 7. The first-order chi connectivity index (χ1) is 30.7. The zero-order chi connectivity index (χ0) is 41.0. The van der Waals surface area contributed by atoms with Gasteiger partial charge in [0.15, 0.2) is 17.5 Å². The van der Waals surface area contributed by atoms with Crippen LogP contribution in [-0.4, -0.2) is 19.5 Å². The quantitative estimate of drug-likeness (QED) is 0.161. The molecule has 0 atom stereocenters. The molecule has 0 aliphatic heterocycles. The fourth-order valence-electron chi connectivity index (χ4n) is 8.96. The number of nitrogens with zero attached hydrogens (tertiary/aromatic N) is 4. The second-order valence-corrected chi connectivity index (χ2v) is 15.6. The fraction of sp³-hybridized carbons (Fsp3) is 0. The minimum absolute atomic E-state index is 0.608. The molecule has 0 saturated carbocycles. The lowest BCUT2D eigenvalue weighted by atomic mass is 9.94. The van der Waals surface area contributed by atoms with Crippen LogP contribution in [0.3, 0.4) is 0 Å². The van der Waals surface area contributed by atoms with Gasteiger partial charge in [0.05, 0.1) is 11.0 Å². The van der Waals surface area contributed by atoms with Crippen LogP contribution in [0.15, 0.2) is 223 Å². The van der Waals surface area contributed by atoms with E-state index in [4.69, 9.17) is 19.4 Å². The number of aromatic nitrogens is 4. The monoisotopic (exact) mass is 792 g/mol. The van der Waals surface area contributed by atoms with Crippen LogP contribution in [0.25, 0.3) is 117 Å². The standard InChI is InChI=1S/C57H36N4O/c1-4-16-37(17-5-1)42-30-31-45(48(36-42)38-18-6-2-7-19-38)57-59-55(39-20-8-3-9-21-39)58-56(60-57)43-24-14-22-40(34-43)41-23-15-25-44(35-41)61-49-28-12-10-26-46(49)53-50(61)32-33-52-54(53)47-27-11-13-29-51(47)62-52/h1-36H. The highest BCUT2D eigenvalue weighted by Gasteiger charge is 2.20. The molecule has 0 N–H and O–H groups in total. The molecule has 290 valence electrons. The van der Waals surface area contributed by atoms with Crippen molar-refractivity contribution in [2.45, 2.75) is 0 Å². The number of rotatable bonds is 7. The van der Waals surface area contributed by atoms with Gasteiger partial charge < -0.3 is 8.98 Å². The average molecular weight is 793 g/mol. The summed E-state index contributed by atoms with van der Waals surface area (Å²) in [5, 5.41) is 4.66. The van der Waals surface area contributed by atoms with E-state index in [1.165, 1.54) is 10.8 Å². The lowest BCUT2D eigenvalue weighted by Crippen LogP contribution is -2.01. The second kappa shape index (κ2) is 14.7. The molecule has 5 nitrogen and oxygen atoms in total. The van der Waals surface area contributed by atoms with E-state index >= 15 is 0 Å². The Morgan fingerprint density at radius 3 is 1.68 bits per heavy atom. The van der Waals surface area contributed by atoms with E-state index in [-0.39, 0.29) is 0 Å². The fourth-order valence-corrected chi connectivity index (χ4v) is 8.96. The Balaban J connectivity index is 0.999. The van der Waals surface area contributed by atoms with Crippen molar-refractivity contribution < 1.29 is 4.42 Å². The third-order valence-corrected chi connectivity index (χ3v) is 11.9. The molecule has 0 aliphatic carbocycles. The number of furan rings is 1. The number of para-hydroxylation sites is 2. The van der Waals surface area contributed by atoms with E-state index in [1.54, 1.807) is 0 Å². The molecule has 12 rings (SSSR count). The Kier molecular flexibility index (Phi) is 8.42. The molecule has 0 bridgehead atoms. The van der Waals surface area contributed by atoms with E-state index in [0.29, 0.717) is 17.5 Å². The molecular weight excluding hydrogens is 757 g/mol. The highest BCUT2D eigenvalue weighted by molar-refractivity contribution is 6.27. The predicted molar refractivity (Wildman–Crippen MR) is 254 cm³/mol. The van der Waals surface area contributed by atoms with Crippen LogP contribution in [0.4, 0.5) is 0 Å². The van der Waals surface area contributed by atoms with Gasteiger partial charge in [0.2, 0.25) is 0 Å². The molecule has 0 spiro atoms. The van der Waals surface area contributed by atoms with Crippen molar-refractivity contribution in [2.24, 2.45) is 0 Å². The van der Waals surface area contributed by atoms with Crippen LogP contribution in [0.2, 0.25) is 0 Å². The Hall–Kier alpha value is -8.41. The minimum Gasteiger partial charge on any atom is -0.456 e. The summed E-state index contributed by atoms with van der Waals surface area (Å²) in [5.41, 5.74) is 14.5. The summed E-state index contributed by atoms with van der Waals surface area (Å²) in [4.78, 5) is 15.6. The smallest absolute Gasteiger partial charge is 0.164 e. The molecular formula is C57H36N4O. The van der Waals surface area contributed by atoms with Crippen molar-refractivity contribution in [3.63, 3.8) is 0 Å². The van der Waals surface area contributed by atoms with Crippen molar-refractivity contribution >= 4 is 43.7 Å². The minimum atomic E-state index is 0.608. The van der Waals surface area contributed by atoms with Crippen LogP contribution in [-0.2, 0) is 0 Å². The van der Waals surface area contributed by atoms with Gasteiger partial charge in [-0.3, -0.25) is 0 Å². The van der Waals surface area contributed by atoms with Crippen molar-refractivity contribution in [2.75, 3.05) is 0 Å². The topological polar surface area (TPSA) is 56.7 Å². The molecule has 0 unspecified atom stereocenters. The molecule has 62 heavy (non-hydrogen) atoms. The van der Waals surface area contributed by atoms with E-state index in [9.17, 15) is 0 Å². The first kappa shape index (κ1) is 35.5. The van der Waals surface area contributed by atoms with Crippen molar-refractivity contribution in [1.29, 1.82) is 0 Å². The van der Waals surface area contributed by atoms with Gasteiger partial charge >= 0.3 is 0 Å². The van der Waals surface area contributed by atoms with Crippen LogP contribution in [0.1, 0.15) is 0 Å². The van der Waals surface area contributed by atoms with E-state index in [2.05, 4.69) is 180 Å². The summed E-state index contributed by atoms with van der Waals surface area (Å²) >= 11 is 0. The number of hydrogen-bond acceptors (Lipinski definition) is 4. The van der Waals surface area contributed by atoms with Crippen molar-refractivity contribution in [3.05, 3.63) is 218 Å². The molecule has 0 amide bonds. The molecule has 12 aromatic rings. The molecule has 0 saturated heterocycles. The van der Waals surface area contributed by atoms with E-state index < -0.39 is 0 Å². The van der Waals surface area contributed by atoms with Crippen LogP contribution < -0.4 is 0 Å². The molecule has 5 heteroatoms. The van der Waals surface area contributed by atoms with Gasteiger partial charge in [-0.2, -0.15) is 0 Å². The van der Waals surface area contributed by atoms with Crippen molar-refractivity contribution in [1.82, 2.24) is 19.5 Å². The maximum Gasteiger partial charge on any atom is 0.164 e. The summed E-state index contributed by atoms with van der Waals surface area (Å²) in [5.74, 6) is 1.84. The van der Waals surface area contributed by atoms with Crippen LogP contribution in [0.5, 0.6) is 0 Å². The van der Waals surface area contributed by atoms with Gasteiger partial charge in [-0.25, -0.2) is 15.0 Å². The van der Waals surface area contributed by atoms with E-state index in [0.717, 1.165) is 88.7 Å². The normalized spacial score (nSPS) is 11.5. The molecule has 0 fully saturated rings. The van der Waals surface area contributed by atoms with Gasteiger partial charge in [0.25, 0.3) is 0 Å². The Morgan fingerprint density at radius 1 is 0.306 bits per heavy atom. The predicted octanol–water partition coefficient (Wildman–Crippen LogP) is 14.9. The highest BCUT2D eigenvalue weighted by Crippen LogP contribution is 2.42. The van der Waals surface area contributed by atoms with Gasteiger partial charge in [-0.15, -0.1) is 0 Å². The SMILES string of the molecule is c1ccc(-c2ccc(-c3nc(-c4ccccc4)nc(-c4cccc(-c5cccc(-n6c7ccccc7c7c8c(ccc76)oc6ccccc68)c5)c4)n3)c(-c3ccccc3)c2)cc1. The highest BCUT2D eigenvalue weighted by atomic mass is 16.3. The van der Waals surface area contributed by atoms with Gasteiger partial charge in [-0.05, 0) is 88.0 Å². The first-order valence-electron chi connectivity index (χ1n) is 20.8. The maximum absolute atomic E-state index is 6.34. The Morgan fingerprint density at radius 2 is 0.887 bits per heavy atom. The van der Waals surface area contributed by atoms with Crippen LogP contribution >= 0.6 is 0 Å². The molecule has 3 heterocycles. The largest absolute Gasteiger partial charge is 0.456 e. The lowest BCUT2D eigenvalue weighted by Gasteiger charge is -2.14. The maximum atomic E-state index is 6.34. The third-order valence-electron chi connectivity index (χ3n) is 11.9. The molecule has 9 aromatic carbocycles. The summed E-state index contributed by atoms with van der Waals surface area (Å²) in [7, 11) is 0. The zero-order valence-electron chi connectivity index (χ0n) is 33.5. The molecule has 0 radical (unpaired) electrons. The Bertz CT molecular complexity index is 3630. The summed E-state index contributed by atoms with van der Waals surface area (Å²) in [6.07, 6.45) is 0. The van der Waals surface area contributed by atoms with Crippen LogP contribution in [0, 0.1) is 0 Å². The van der Waals surface area contributed by atoms with Gasteiger partial charge in [0.1, 0.15) is 11.2 Å². The number of benzene rings is 9. The average Bonchev–Trinajstić information content (AvgIpc) is 3.90. The molecule has 0 aliphatic rings. The lowest BCUT2D eigenvalue weighted by molar-refractivity contribution is 0.669. The molecule has 3 aromatic heterocycles.